The van der Waals surface area contributed by atoms with E-state index in [9.17, 15) is 4.79 Å². The number of piperazine rings is 1. The van der Waals surface area contributed by atoms with Crippen LogP contribution < -0.4 is 0 Å². The molecule has 1 fully saturated rings. The molecule has 8 heteroatoms. The number of nitrogens with one attached hydrogen (secondary N) is 1. The molecule has 3 aromatic heterocycles. The molecular formula is C24H25N5O2S. The highest BCUT2D eigenvalue weighted by Crippen LogP contribution is 2.30. The number of H-pyrrole nitrogens is 1. The zero-order valence-electron chi connectivity index (χ0n) is 17.8. The summed E-state index contributed by atoms with van der Waals surface area (Å²) in [5.41, 5.74) is 5.69. The molecular weight excluding hydrogens is 422 g/mol. The zero-order chi connectivity index (χ0) is 21.5. The van der Waals surface area contributed by atoms with Crippen molar-refractivity contribution in [1.29, 1.82) is 0 Å². The van der Waals surface area contributed by atoms with Gasteiger partial charge in [0.05, 0.1) is 6.54 Å². The molecule has 0 bridgehead atoms. The summed E-state index contributed by atoms with van der Waals surface area (Å²) in [6.07, 6.45) is 4.70. The molecule has 32 heavy (non-hydrogen) atoms. The van der Waals surface area contributed by atoms with Gasteiger partial charge in [-0.05, 0) is 60.9 Å². The predicted molar refractivity (Wildman–Crippen MR) is 124 cm³/mol. The fourth-order valence-electron chi connectivity index (χ4n) is 4.85. The third-order valence-electron chi connectivity index (χ3n) is 6.61. The van der Waals surface area contributed by atoms with Crippen LogP contribution in [-0.2, 0) is 19.4 Å². The maximum atomic E-state index is 13.2. The lowest BCUT2D eigenvalue weighted by molar-refractivity contribution is 0.0615. The van der Waals surface area contributed by atoms with E-state index in [-0.39, 0.29) is 5.91 Å². The summed E-state index contributed by atoms with van der Waals surface area (Å²) < 4.78 is 5.43. The van der Waals surface area contributed by atoms with Crippen LogP contribution in [0, 0.1) is 0 Å². The summed E-state index contributed by atoms with van der Waals surface area (Å²) in [7, 11) is 0. The number of benzene rings is 1. The lowest BCUT2D eigenvalue weighted by atomic mass is 9.95. The minimum absolute atomic E-state index is 0.120. The van der Waals surface area contributed by atoms with Crippen LogP contribution in [0.2, 0.25) is 0 Å². The Morgan fingerprint density at radius 3 is 2.84 bits per heavy atom. The number of rotatable bonds is 4. The highest BCUT2D eigenvalue weighted by Gasteiger charge is 2.24. The van der Waals surface area contributed by atoms with Crippen molar-refractivity contribution >= 4 is 28.1 Å². The Labute approximate surface area is 190 Å². The first-order valence-corrected chi connectivity index (χ1v) is 12.2. The van der Waals surface area contributed by atoms with E-state index in [1.54, 1.807) is 11.3 Å². The Hall–Kier alpha value is -2.97. The molecule has 1 N–H and O–H groups in total. The van der Waals surface area contributed by atoms with E-state index in [2.05, 4.69) is 32.2 Å². The van der Waals surface area contributed by atoms with Crippen molar-refractivity contribution < 1.29 is 9.32 Å². The van der Waals surface area contributed by atoms with Gasteiger partial charge in [0.2, 0.25) is 11.7 Å². The summed E-state index contributed by atoms with van der Waals surface area (Å²) in [6.45, 7) is 3.61. The first-order chi connectivity index (χ1) is 15.7. The van der Waals surface area contributed by atoms with Crippen LogP contribution in [-0.4, -0.2) is 57.0 Å². The molecule has 1 aromatic carbocycles. The van der Waals surface area contributed by atoms with Crippen LogP contribution in [0.25, 0.3) is 22.3 Å². The quantitative estimate of drug-likeness (QED) is 0.509. The van der Waals surface area contributed by atoms with Crippen LogP contribution in [0.3, 0.4) is 0 Å². The Kier molecular flexibility index (Phi) is 5.04. The highest BCUT2D eigenvalue weighted by atomic mass is 32.1. The first-order valence-electron chi connectivity index (χ1n) is 11.2. The summed E-state index contributed by atoms with van der Waals surface area (Å²) >= 11 is 1.62. The van der Waals surface area contributed by atoms with Crippen molar-refractivity contribution in [3.8, 4) is 11.4 Å². The maximum Gasteiger partial charge on any atom is 0.253 e. The van der Waals surface area contributed by atoms with E-state index in [4.69, 9.17) is 4.52 Å². The molecule has 0 radical (unpaired) electrons. The van der Waals surface area contributed by atoms with Gasteiger partial charge in [0.25, 0.3) is 5.91 Å². The molecule has 0 unspecified atom stereocenters. The number of fused-ring (bicyclic) bond motifs is 3. The topological polar surface area (TPSA) is 78.3 Å². The third-order valence-corrected chi connectivity index (χ3v) is 7.29. The van der Waals surface area contributed by atoms with Crippen molar-refractivity contribution in [3.63, 3.8) is 0 Å². The van der Waals surface area contributed by atoms with Crippen LogP contribution in [0.4, 0.5) is 0 Å². The van der Waals surface area contributed by atoms with Crippen molar-refractivity contribution in [2.24, 2.45) is 0 Å². The SMILES string of the molecule is O=C(c1ccc2[nH]c3c(c2c1)CCCC3)N1CCN(Cc2nc(-c3ccsc3)no2)CC1. The standard InChI is InChI=1S/C24H25N5O2S/c30-24(16-5-6-21-19(13-16)18-3-1-2-4-20(18)25-21)29-10-8-28(9-11-29)14-22-26-23(27-31-22)17-7-12-32-15-17/h5-7,12-13,15,25H,1-4,8-11,14H2. The summed E-state index contributed by atoms with van der Waals surface area (Å²) in [6, 6.07) is 8.11. The number of aromatic nitrogens is 3. The molecule has 6 rings (SSSR count). The van der Waals surface area contributed by atoms with Gasteiger partial charge in [-0.2, -0.15) is 16.3 Å². The van der Waals surface area contributed by atoms with Crippen LogP contribution in [0.5, 0.6) is 0 Å². The number of aromatic amines is 1. The molecule has 1 saturated heterocycles. The van der Waals surface area contributed by atoms with E-state index < -0.39 is 0 Å². The van der Waals surface area contributed by atoms with Gasteiger partial charge in [-0.15, -0.1) is 0 Å². The van der Waals surface area contributed by atoms with Crippen LogP contribution >= 0.6 is 11.3 Å². The predicted octanol–water partition coefficient (Wildman–Crippen LogP) is 4.12. The molecule has 1 aliphatic heterocycles. The van der Waals surface area contributed by atoms with E-state index in [1.165, 1.54) is 29.5 Å². The average molecular weight is 448 g/mol. The minimum atomic E-state index is 0.120. The number of nitrogens with zero attached hydrogens (tertiary/aromatic N) is 4. The Bertz CT molecular complexity index is 1250. The second kappa shape index (κ2) is 8.18. The molecule has 7 nitrogen and oxygen atoms in total. The van der Waals surface area contributed by atoms with E-state index in [1.807, 2.05) is 27.8 Å². The van der Waals surface area contributed by atoms with Crippen molar-refractivity contribution in [2.75, 3.05) is 26.2 Å². The fraction of sp³-hybridized carbons (Fsp3) is 0.375. The summed E-state index contributed by atoms with van der Waals surface area (Å²) in [5, 5.41) is 9.33. The number of thiophene rings is 1. The number of hydrogen-bond donors (Lipinski definition) is 1. The number of carbonyl (C=O) groups is 1. The van der Waals surface area contributed by atoms with Gasteiger partial charge in [0, 0.05) is 59.3 Å². The first kappa shape index (κ1) is 19.7. The van der Waals surface area contributed by atoms with Gasteiger partial charge in [-0.25, -0.2) is 0 Å². The van der Waals surface area contributed by atoms with E-state index in [0.29, 0.717) is 31.3 Å². The van der Waals surface area contributed by atoms with Crippen molar-refractivity contribution in [2.45, 2.75) is 32.2 Å². The molecule has 0 saturated carbocycles. The second-order valence-electron chi connectivity index (χ2n) is 8.64. The van der Waals surface area contributed by atoms with Gasteiger partial charge in [0.1, 0.15) is 0 Å². The monoisotopic (exact) mass is 447 g/mol. The fourth-order valence-corrected chi connectivity index (χ4v) is 5.48. The normalized spacial score (nSPS) is 17.1. The second-order valence-corrected chi connectivity index (χ2v) is 9.42. The van der Waals surface area contributed by atoms with Crippen LogP contribution in [0.1, 0.15) is 40.3 Å². The van der Waals surface area contributed by atoms with Gasteiger partial charge in [0.15, 0.2) is 0 Å². The number of hydrogen-bond acceptors (Lipinski definition) is 6. The largest absolute Gasteiger partial charge is 0.358 e. The number of amides is 1. The van der Waals surface area contributed by atoms with Crippen molar-refractivity contribution in [1.82, 2.24) is 24.9 Å². The molecule has 2 aliphatic rings. The molecule has 4 aromatic rings. The van der Waals surface area contributed by atoms with E-state index in [0.717, 1.165) is 42.6 Å². The minimum Gasteiger partial charge on any atom is -0.358 e. The van der Waals surface area contributed by atoms with Crippen molar-refractivity contribution in [3.05, 3.63) is 57.7 Å². The van der Waals surface area contributed by atoms with Gasteiger partial charge in [-0.1, -0.05) is 5.16 Å². The average Bonchev–Trinajstić information content (AvgIpc) is 3.58. The Morgan fingerprint density at radius 2 is 2.00 bits per heavy atom. The molecule has 164 valence electrons. The molecule has 1 amide bonds. The maximum absolute atomic E-state index is 13.2. The van der Waals surface area contributed by atoms with E-state index >= 15 is 0 Å². The molecule has 1 aliphatic carbocycles. The molecule has 4 heterocycles. The molecule has 0 spiro atoms. The van der Waals surface area contributed by atoms with Crippen LogP contribution in [0.15, 0.2) is 39.5 Å². The highest BCUT2D eigenvalue weighted by molar-refractivity contribution is 7.08. The summed E-state index contributed by atoms with van der Waals surface area (Å²) in [4.78, 5) is 25.5. The smallest absolute Gasteiger partial charge is 0.253 e. The molecule has 0 atom stereocenters. The van der Waals surface area contributed by atoms with Gasteiger partial charge >= 0.3 is 0 Å². The Morgan fingerprint density at radius 1 is 1.12 bits per heavy atom. The van der Waals surface area contributed by atoms with Gasteiger partial charge in [-0.3, -0.25) is 9.69 Å². The Balaban J connectivity index is 1.10. The lowest BCUT2D eigenvalue weighted by Crippen LogP contribution is -2.48. The van der Waals surface area contributed by atoms with Gasteiger partial charge < -0.3 is 14.4 Å². The number of carbonyl (C=O) groups excluding carboxylic acids is 1. The third kappa shape index (κ3) is 3.63. The summed E-state index contributed by atoms with van der Waals surface area (Å²) in [5.74, 6) is 1.38. The lowest BCUT2D eigenvalue weighted by Gasteiger charge is -2.34. The zero-order valence-corrected chi connectivity index (χ0v) is 18.7. The number of aryl methyl sites for hydroxylation is 2.